The van der Waals surface area contributed by atoms with Gasteiger partial charge in [-0.3, -0.25) is 0 Å². The molecule has 100 valence electrons. The molecule has 0 spiro atoms. The molecule has 0 aromatic rings. The van der Waals surface area contributed by atoms with E-state index in [2.05, 4.69) is 32.7 Å². The predicted molar refractivity (Wildman–Crippen MR) is 69.1 cm³/mol. The van der Waals surface area contributed by atoms with E-state index in [-0.39, 0.29) is 12.2 Å². The lowest BCUT2D eigenvalue weighted by Crippen LogP contribution is -2.32. The molecule has 1 rings (SSSR count). The number of ether oxygens (including phenoxy) is 1. The van der Waals surface area contributed by atoms with Crippen molar-refractivity contribution in [2.75, 3.05) is 33.2 Å². The van der Waals surface area contributed by atoms with Crippen LogP contribution in [0.3, 0.4) is 0 Å². The number of rotatable bonds is 7. The molecule has 1 saturated heterocycles. The average Bonchev–Trinajstić information content (AvgIpc) is 2.58. The van der Waals surface area contributed by atoms with E-state index < -0.39 is 0 Å². The summed E-state index contributed by atoms with van der Waals surface area (Å²) in [6.07, 6.45) is 2.15. The first kappa shape index (κ1) is 14.3. The van der Waals surface area contributed by atoms with Gasteiger partial charge in [-0.2, -0.15) is 0 Å². The molecule has 17 heavy (non-hydrogen) atoms. The number of carbonyl (C=O) groups is 1. The topological polar surface area (TPSA) is 32.8 Å². The van der Waals surface area contributed by atoms with E-state index in [1.54, 1.807) is 0 Å². The van der Waals surface area contributed by atoms with Gasteiger partial charge in [-0.05, 0) is 32.4 Å². The first-order valence-corrected chi connectivity index (χ1v) is 6.67. The zero-order valence-corrected chi connectivity index (χ0v) is 11.6. The summed E-state index contributed by atoms with van der Waals surface area (Å²) in [6, 6.07) is 0. The summed E-state index contributed by atoms with van der Waals surface area (Å²) < 4.78 is 5.35. The van der Waals surface area contributed by atoms with Gasteiger partial charge in [0.15, 0.2) is 0 Å². The van der Waals surface area contributed by atoms with Crippen LogP contribution >= 0.6 is 0 Å². The molecule has 1 aliphatic rings. The van der Waals surface area contributed by atoms with E-state index in [4.69, 9.17) is 4.74 Å². The van der Waals surface area contributed by atoms with Gasteiger partial charge in [0.1, 0.15) is 6.10 Å². The van der Waals surface area contributed by atoms with Crippen LogP contribution in [-0.4, -0.2) is 55.2 Å². The number of hydrogen-bond donors (Lipinski definition) is 0. The van der Waals surface area contributed by atoms with Gasteiger partial charge in [-0.25, -0.2) is 4.79 Å². The number of nitrogens with zero attached hydrogens (tertiary/aromatic N) is 2. The standard InChI is InChI=1S/C13H26N2O2/c1-5-14(4)9-12-10-15(13(16)17-12)8-6-7-11(2)3/h11-12H,5-10H2,1-4H3/t12-/m0/s1. The van der Waals surface area contributed by atoms with Crippen molar-refractivity contribution < 1.29 is 9.53 Å². The molecule has 1 aliphatic heterocycles. The van der Waals surface area contributed by atoms with Crippen molar-refractivity contribution in [1.82, 2.24) is 9.80 Å². The number of cyclic esters (lactones) is 1. The van der Waals surface area contributed by atoms with E-state index in [1.807, 2.05) is 4.90 Å². The maximum absolute atomic E-state index is 11.6. The van der Waals surface area contributed by atoms with Crippen LogP contribution in [0.2, 0.25) is 0 Å². The van der Waals surface area contributed by atoms with Gasteiger partial charge in [0, 0.05) is 13.1 Å². The molecule has 0 unspecified atom stereocenters. The van der Waals surface area contributed by atoms with E-state index in [0.717, 1.165) is 32.6 Å². The Morgan fingerprint density at radius 2 is 2.24 bits per heavy atom. The molecular weight excluding hydrogens is 216 g/mol. The SMILES string of the molecule is CCN(C)C[C@H]1CN(CCCC(C)C)C(=O)O1. The molecule has 0 saturated carbocycles. The summed E-state index contributed by atoms with van der Waals surface area (Å²) >= 11 is 0. The van der Waals surface area contributed by atoms with Gasteiger partial charge < -0.3 is 14.5 Å². The van der Waals surface area contributed by atoms with Crippen LogP contribution in [0.1, 0.15) is 33.6 Å². The van der Waals surface area contributed by atoms with Gasteiger partial charge in [-0.1, -0.05) is 20.8 Å². The zero-order chi connectivity index (χ0) is 12.8. The molecule has 1 amide bonds. The first-order valence-electron chi connectivity index (χ1n) is 6.67. The van der Waals surface area contributed by atoms with Gasteiger partial charge in [-0.15, -0.1) is 0 Å². The maximum atomic E-state index is 11.6. The number of hydrogen-bond acceptors (Lipinski definition) is 3. The Morgan fingerprint density at radius 1 is 1.53 bits per heavy atom. The van der Waals surface area contributed by atoms with E-state index >= 15 is 0 Å². The molecule has 0 bridgehead atoms. The Bertz CT molecular complexity index is 244. The second-order valence-corrected chi connectivity index (χ2v) is 5.34. The van der Waals surface area contributed by atoms with Crippen molar-refractivity contribution in [1.29, 1.82) is 0 Å². The van der Waals surface area contributed by atoms with Crippen molar-refractivity contribution in [3.8, 4) is 0 Å². The van der Waals surface area contributed by atoms with Gasteiger partial charge in [0.05, 0.1) is 6.54 Å². The quantitative estimate of drug-likeness (QED) is 0.686. The lowest BCUT2D eigenvalue weighted by molar-refractivity contribution is 0.114. The molecule has 1 heterocycles. The van der Waals surface area contributed by atoms with Crippen molar-refractivity contribution in [2.45, 2.75) is 39.7 Å². The monoisotopic (exact) mass is 242 g/mol. The molecule has 0 aromatic heterocycles. The highest BCUT2D eigenvalue weighted by atomic mass is 16.6. The number of likely N-dealkylation sites (N-methyl/N-ethyl adjacent to an activating group) is 1. The minimum absolute atomic E-state index is 0.0477. The summed E-state index contributed by atoms with van der Waals surface area (Å²) in [4.78, 5) is 15.6. The van der Waals surface area contributed by atoms with E-state index in [1.165, 1.54) is 6.42 Å². The Kier molecular flexibility index (Phi) is 5.75. The third-order valence-corrected chi connectivity index (χ3v) is 3.21. The molecule has 0 aliphatic carbocycles. The van der Waals surface area contributed by atoms with Crippen LogP contribution in [0.4, 0.5) is 4.79 Å². The predicted octanol–water partition coefficient (Wildman–Crippen LogP) is 2.20. The lowest BCUT2D eigenvalue weighted by atomic mass is 10.1. The molecule has 4 nitrogen and oxygen atoms in total. The smallest absolute Gasteiger partial charge is 0.410 e. The van der Waals surface area contributed by atoms with Crippen LogP contribution in [-0.2, 0) is 4.74 Å². The largest absolute Gasteiger partial charge is 0.443 e. The molecule has 0 N–H and O–H groups in total. The summed E-state index contributed by atoms with van der Waals surface area (Å²) in [5.74, 6) is 0.704. The maximum Gasteiger partial charge on any atom is 0.410 e. The fourth-order valence-electron chi connectivity index (χ4n) is 2.02. The summed E-state index contributed by atoms with van der Waals surface area (Å²) in [6.45, 7) is 9.94. The molecular formula is C13H26N2O2. The van der Waals surface area contributed by atoms with Gasteiger partial charge >= 0.3 is 6.09 Å². The second kappa shape index (κ2) is 6.84. The Labute approximate surface area is 105 Å². The Morgan fingerprint density at radius 3 is 2.82 bits per heavy atom. The van der Waals surface area contributed by atoms with Crippen molar-refractivity contribution >= 4 is 6.09 Å². The zero-order valence-electron chi connectivity index (χ0n) is 11.6. The third-order valence-electron chi connectivity index (χ3n) is 3.21. The average molecular weight is 242 g/mol. The fourth-order valence-corrected chi connectivity index (χ4v) is 2.02. The van der Waals surface area contributed by atoms with E-state index in [9.17, 15) is 4.79 Å². The lowest BCUT2D eigenvalue weighted by Gasteiger charge is -2.17. The van der Waals surface area contributed by atoms with Crippen molar-refractivity contribution in [3.63, 3.8) is 0 Å². The molecule has 0 radical (unpaired) electrons. The summed E-state index contributed by atoms with van der Waals surface area (Å²) in [7, 11) is 2.05. The van der Waals surface area contributed by atoms with Crippen molar-refractivity contribution in [3.05, 3.63) is 0 Å². The van der Waals surface area contributed by atoms with Crippen molar-refractivity contribution in [2.24, 2.45) is 5.92 Å². The molecule has 1 fully saturated rings. The first-order chi connectivity index (χ1) is 8.02. The van der Waals surface area contributed by atoms with E-state index in [0.29, 0.717) is 5.92 Å². The van der Waals surface area contributed by atoms with Crippen LogP contribution in [0, 0.1) is 5.92 Å². The normalized spacial score (nSPS) is 20.5. The third kappa shape index (κ3) is 4.94. The summed E-state index contributed by atoms with van der Waals surface area (Å²) in [5, 5.41) is 0. The summed E-state index contributed by atoms with van der Waals surface area (Å²) in [5.41, 5.74) is 0. The fraction of sp³-hybridized carbons (Fsp3) is 0.923. The minimum Gasteiger partial charge on any atom is -0.443 e. The highest BCUT2D eigenvalue weighted by Gasteiger charge is 2.31. The minimum atomic E-state index is -0.136. The van der Waals surface area contributed by atoms with Crippen LogP contribution in [0.15, 0.2) is 0 Å². The molecule has 4 heteroatoms. The second-order valence-electron chi connectivity index (χ2n) is 5.34. The van der Waals surface area contributed by atoms with Crippen LogP contribution < -0.4 is 0 Å². The Balaban J connectivity index is 2.26. The number of amides is 1. The van der Waals surface area contributed by atoms with Crippen LogP contribution in [0.25, 0.3) is 0 Å². The van der Waals surface area contributed by atoms with Crippen LogP contribution in [0.5, 0.6) is 0 Å². The highest BCUT2D eigenvalue weighted by molar-refractivity contribution is 5.69. The van der Waals surface area contributed by atoms with Gasteiger partial charge in [0.2, 0.25) is 0 Å². The van der Waals surface area contributed by atoms with Gasteiger partial charge in [0.25, 0.3) is 0 Å². The number of carbonyl (C=O) groups excluding carboxylic acids is 1. The molecule has 0 aromatic carbocycles. The molecule has 1 atom stereocenters. The highest BCUT2D eigenvalue weighted by Crippen LogP contribution is 2.14. The Hall–Kier alpha value is -0.770.